The Balaban J connectivity index is 0.850. The van der Waals surface area contributed by atoms with E-state index in [4.69, 9.17) is 9.47 Å². The summed E-state index contributed by atoms with van der Waals surface area (Å²) in [6.07, 6.45) is 8.19. The molecule has 1 unspecified atom stereocenters. The van der Waals surface area contributed by atoms with Crippen LogP contribution < -0.4 is 25.2 Å². The molecule has 1 N–H and O–H groups in total. The van der Waals surface area contributed by atoms with Gasteiger partial charge in [0.25, 0.3) is 17.4 Å². The van der Waals surface area contributed by atoms with Gasteiger partial charge < -0.3 is 18.9 Å². The molecule has 1 saturated carbocycles. The number of aryl methyl sites for hydroxylation is 1. The van der Waals surface area contributed by atoms with E-state index in [-0.39, 0.29) is 29.7 Å². The predicted molar refractivity (Wildman–Crippen MR) is 212 cm³/mol. The number of hydrogen-bond donors (Lipinski definition) is 1. The van der Waals surface area contributed by atoms with Gasteiger partial charge >= 0.3 is 0 Å². The second-order valence-electron chi connectivity index (χ2n) is 16.7. The maximum absolute atomic E-state index is 13.4. The number of imide groups is 2. The number of amides is 4. The maximum atomic E-state index is 13.4. The molecule has 1 aliphatic carbocycles. The summed E-state index contributed by atoms with van der Waals surface area (Å²) in [6.45, 7) is 4.15. The number of rotatable bonds is 8. The van der Waals surface area contributed by atoms with Gasteiger partial charge in [0.15, 0.2) is 0 Å². The van der Waals surface area contributed by atoms with E-state index in [2.05, 4.69) is 20.1 Å². The Bertz CT molecular complexity index is 2370. The molecule has 6 heterocycles. The first-order valence-electron chi connectivity index (χ1n) is 19.6. The van der Waals surface area contributed by atoms with Gasteiger partial charge in [-0.05, 0) is 84.5 Å². The Morgan fingerprint density at radius 3 is 2.05 bits per heavy atom. The molecule has 4 aromatic rings. The van der Waals surface area contributed by atoms with Crippen LogP contribution in [0.3, 0.4) is 0 Å². The van der Waals surface area contributed by atoms with E-state index in [1.807, 2.05) is 55.5 Å². The first-order chi connectivity index (χ1) is 27.4. The van der Waals surface area contributed by atoms with Crippen LogP contribution in [0.1, 0.15) is 75.9 Å². The second-order valence-corrected chi connectivity index (χ2v) is 16.7. The number of pyridine rings is 2. The van der Waals surface area contributed by atoms with Gasteiger partial charge in [-0.3, -0.25) is 44.0 Å². The van der Waals surface area contributed by atoms with Crippen LogP contribution in [0.4, 0.5) is 5.82 Å². The molecular weight excluding hydrogens is 727 g/mol. The molecule has 9 rings (SSSR count). The highest BCUT2D eigenvalue weighted by Crippen LogP contribution is 2.48. The lowest BCUT2D eigenvalue weighted by Gasteiger charge is -2.54. The number of methoxy groups -OCH3 is 2. The molecule has 2 aromatic heterocycles. The minimum Gasteiger partial charge on any atom is -0.496 e. The first-order valence-corrected chi connectivity index (χ1v) is 19.6. The number of carbonyl (C=O) groups is 4. The van der Waals surface area contributed by atoms with Crippen molar-refractivity contribution in [1.82, 2.24) is 29.6 Å². The molecule has 2 saturated heterocycles. The molecule has 0 radical (unpaired) electrons. The number of hydrogen-bond acceptors (Lipinski definition) is 11. The van der Waals surface area contributed by atoms with E-state index >= 15 is 0 Å². The molecule has 2 aromatic carbocycles. The summed E-state index contributed by atoms with van der Waals surface area (Å²) in [6, 6.07) is 9.19. The van der Waals surface area contributed by atoms with Crippen LogP contribution >= 0.6 is 0 Å². The van der Waals surface area contributed by atoms with E-state index in [9.17, 15) is 24.0 Å². The van der Waals surface area contributed by atoms with Crippen molar-refractivity contribution in [3.63, 3.8) is 0 Å². The standard InChI is InChI=1S/C43H47N7O7/c1-46(2)37-16-28-31(17-44-37)40(53)47(3)20-32(28)24-14-35(56-4)33(36(15-24)57-5)21-48-22-43(23-48)10-8-27(9-11-43)49-18-25-12-29-30(13-26(25)19-49)42(55)50(41(29)54)34-6-7-38(51)45-39(34)52/h12-17,20,27,34H,6-11,18-19,21-23H2,1-5H3,(H,45,51,52). The van der Waals surface area contributed by atoms with Crippen molar-refractivity contribution < 1.29 is 28.7 Å². The van der Waals surface area contributed by atoms with Crippen molar-refractivity contribution in [3.8, 4) is 22.6 Å². The third-order valence-electron chi connectivity index (χ3n) is 13.0. The van der Waals surface area contributed by atoms with Crippen LogP contribution in [0.5, 0.6) is 11.5 Å². The van der Waals surface area contributed by atoms with Gasteiger partial charge in [-0.1, -0.05) is 0 Å². The smallest absolute Gasteiger partial charge is 0.262 e. The topological polar surface area (TPSA) is 147 Å². The Hall–Kier alpha value is -5.60. The van der Waals surface area contributed by atoms with Crippen molar-refractivity contribution in [2.24, 2.45) is 12.5 Å². The fraction of sp³-hybridized carbons (Fsp3) is 0.442. The lowest BCUT2D eigenvalue weighted by Crippen LogP contribution is -2.58. The summed E-state index contributed by atoms with van der Waals surface area (Å²) in [4.78, 5) is 76.4. The minimum absolute atomic E-state index is 0.100. The molecule has 3 fully saturated rings. The zero-order chi connectivity index (χ0) is 39.9. The number of anilines is 1. The zero-order valence-electron chi connectivity index (χ0n) is 33.0. The summed E-state index contributed by atoms with van der Waals surface area (Å²) in [5.74, 6) is 0.349. The molecular formula is C43H47N7O7. The van der Waals surface area contributed by atoms with Crippen LogP contribution in [-0.4, -0.2) is 101 Å². The number of nitrogens with zero attached hydrogens (tertiary/aromatic N) is 6. The molecule has 1 atom stereocenters. The third kappa shape index (κ3) is 6.16. The van der Waals surface area contributed by atoms with E-state index in [1.165, 1.54) is 0 Å². The minimum atomic E-state index is -0.960. The van der Waals surface area contributed by atoms with Gasteiger partial charge in [-0.25, -0.2) is 4.98 Å². The van der Waals surface area contributed by atoms with Crippen molar-refractivity contribution in [3.05, 3.63) is 80.9 Å². The molecule has 4 aliphatic heterocycles. The lowest BCUT2D eigenvalue weighted by atomic mass is 9.67. The molecule has 14 nitrogen and oxygen atoms in total. The summed E-state index contributed by atoms with van der Waals surface area (Å²) >= 11 is 0. The van der Waals surface area contributed by atoms with Gasteiger partial charge in [-0.2, -0.15) is 0 Å². The van der Waals surface area contributed by atoms with Gasteiger partial charge in [-0.15, -0.1) is 0 Å². The normalized spacial score (nSPS) is 20.9. The van der Waals surface area contributed by atoms with Crippen molar-refractivity contribution in [2.75, 3.05) is 46.3 Å². The van der Waals surface area contributed by atoms with Crippen LogP contribution in [-0.2, 0) is 36.3 Å². The molecule has 57 heavy (non-hydrogen) atoms. The average Bonchev–Trinajstić information content (AvgIpc) is 3.71. The largest absolute Gasteiger partial charge is 0.496 e. The second kappa shape index (κ2) is 13.8. The Kier molecular flexibility index (Phi) is 8.96. The number of fused-ring (bicyclic) bond motifs is 3. The SMILES string of the molecule is COc1cc(-c2cn(C)c(=O)c3cnc(N(C)C)cc23)cc(OC)c1CN1CC2(CCC(N3Cc4cc5c(cc4C3)C(=O)N(C3CCC(=O)NC3=O)C5=O)CC2)C1. The van der Waals surface area contributed by atoms with Crippen LogP contribution in [0.2, 0.25) is 0 Å². The van der Waals surface area contributed by atoms with E-state index in [0.29, 0.717) is 29.1 Å². The number of nitrogens with one attached hydrogen (secondary N) is 1. The van der Waals surface area contributed by atoms with Crippen LogP contribution in [0.25, 0.3) is 21.9 Å². The van der Waals surface area contributed by atoms with Crippen LogP contribution in [0.15, 0.2) is 47.5 Å². The highest BCUT2D eigenvalue weighted by atomic mass is 16.5. The van der Waals surface area contributed by atoms with Gasteiger partial charge in [0.2, 0.25) is 11.8 Å². The Morgan fingerprint density at radius 2 is 1.47 bits per heavy atom. The van der Waals surface area contributed by atoms with Gasteiger partial charge in [0, 0.05) is 89.7 Å². The molecule has 5 aliphatic rings. The third-order valence-corrected chi connectivity index (χ3v) is 13.0. The van der Waals surface area contributed by atoms with Crippen molar-refractivity contribution in [1.29, 1.82) is 0 Å². The van der Waals surface area contributed by atoms with E-state index < -0.39 is 23.8 Å². The number of aromatic nitrogens is 2. The summed E-state index contributed by atoms with van der Waals surface area (Å²) in [7, 11) is 8.98. The lowest BCUT2D eigenvalue weighted by molar-refractivity contribution is -0.136. The molecule has 1 spiro atoms. The molecule has 296 valence electrons. The maximum Gasteiger partial charge on any atom is 0.262 e. The van der Waals surface area contributed by atoms with Gasteiger partial charge in [0.1, 0.15) is 23.4 Å². The monoisotopic (exact) mass is 773 g/mol. The summed E-state index contributed by atoms with van der Waals surface area (Å²) < 4.78 is 13.6. The number of piperidine rings is 1. The highest BCUT2D eigenvalue weighted by molar-refractivity contribution is 6.23. The Morgan fingerprint density at radius 1 is 0.842 bits per heavy atom. The molecule has 0 bridgehead atoms. The fourth-order valence-electron chi connectivity index (χ4n) is 9.91. The predicted octanol–water partition coefficient (Wildman–Crippen LogP) is 3.85. The number of benzene rings is 2. The number of carbonyl (C=O) groups excluding carboxylic acids is 4. The van der Waals surface area contributed by atoms with Crippen LogP contribution in [0, 0.1) is 5.41 Å². The number of ether oxygens (including phenoxy) is 2. The van der Waals surface area contributed by atoms with Crippen molar-refractivity contribution in [2.45, 2.75) is 70.2 Å². The Labute approximate surface area is 330 Å². The zero-order valence-corrected chi connectivity index (χ0v) is 33.0. The number of likely N-dealkylation sites (tertiary alicyclic amines) is 1. The molecule has 4 amide bonds. The molecule has 14 heteroatoms. The quantitative estimate of drug-likeness (QED) is 0.261. The average molecular weight is 774 g/mol. The van der Waals surface area contributed by atoms with E-state index in [0.717, 1.165) is 107 Å². The van der Waals surface area contributed by atoms with Gasteiger partial charge in [0.05, 0.1) is 36.3 Å². The summed E-state index contributed by atoms with van der Waals surface area (Å²) in [5.41, 5.74) is 5.77. The van der Waals surface area contributed by atoms with Crippen molar-refractivity contribution >= 4 is 40.2 Å². The highest BCUT2D eigenvalue weighted by Gasteiger charge is 2.48. The fourth-order valence-corrected chi connectivity index (χ4v) is 9.91. The first kappa shape index (κ1) is 37.0. The van der Waals surface area contributed by atoms with E-state index in [1.54, 1.807) is 32.0 Å². The summed E-state index contributed by atoms with van der Waals surface area (Å²) in [5, 5.41) is 3.63.